The summed E-state index contributed by atoms with van der Waals surface area (Å²) in [7, 11) is 1.90. The van der Waals surface area contributed by atoms with E-state index in [1.54, 1.807) is 0 Å². The highest BCUT2D eigenvalue weighted by molar-refractivity contribution is 5.76. The summed E-state index contributed by atoms with van der Waals surface area (Å²) in [5, 5.41) is 3.04. The Morgan fingerprint density at radius 2 is 2.20 bits per heavy atom. The number of nitrogens with one attached hydrogen (secondary N) is 1. The van der Waals surface area contributed by atoms with Crippen LogP contribution in [0.25, 0.3) is 0 Å². The molecule has 1 aliphatic rings. The lowest BCUT2D eigenvalue weighted by Crippen LogP contribution is -2.40. The molecule has 1 saturated heterocycles. The van der Waals surface area contributed by atoms with Gasteiger partial charge in [-0.15, -0.1) is 0 Å². The lowest BCUT2D eigenvalue weighted by atomic mass is 10.1. The minimum atomic E-state index is 0.332. The highest BCUT2D eigenvalue weighted by atomic mass is 16.2. The van der Waals surface area contributed by atoms with Crippen molar-refractivity contribution in [1.82, 2.24) is 10.2 Å². The second kappa shape index (κ2) is 6.83. The summed E-state index contributed by atoms with van der Waals surface area (Å²) < 4.78 is 0. The summed E-state index contributed by atoms with van der Waals surface area (Å²) in [6.07, 6.45) is 6.70. The molecule has 0 aromatic carbocycles. The Kier molecular flexibility index (Phi) is 5.69. The quantitative estimate of drug-likeness (QED) is 0.770. The molecule has 15 heavy (non-hydrogen) atoms. The van der Waals surface area contributed by atoms with Crippen molar-refractivity contribution in [3.8, 4) is 0 Å². The van der Waals surface area contributed by atoms with E-state index in [1.165, 1.54) is 25.7 Å². The van der Waals surface area contributed by atoms with Crippen LogP contribution in [0.4, 0.5) is 0 Å². The molecule has 1 heterocycles. The van der Waals surface area contributed by atoms with E-state index in [-0.39, 0.29) is 0 Å². The molecule has 0 aliphatic carbocycles. The maximum atomic E-state index is 12.0. The highest BCUT2D eigenvalue weighted by Gasteiger charge is 2.23. The van der Waals surface area contributed by atoms with Gasteiger partial charge in [0.2, 0.25) is 5.91 Å². The van der Waals surface area contributed by atoms with Crippen molar-refractivity contribution < 1.29 is 4.79 Å². The van der Waals surface area contributed by atoms with Gasteiger partial charge >= 0.3 is 0 Å². The average Bonchev–Trinajstić information content (AvgIpc) is 2.50. The lowest BCUT2D eigenvalue weighted by Gasteiger charge is -2.29. The fourth-order valence-electron chi connectivity index (χ4n) is 2.31. The van der Waals surface area contributed by atoms with Crippen LogP contribution in [0.3, 0.4) is 0 Å². The number of rotatable bonds is 4. The van der Waals surface area contributed by atoms with Crippen molar-refractivity contribution in [1.29, 1.82) is 0 Å². The van der Waals surface area contributed by atoms with Gasteiger partial charge in [-0.1, -0.05) is 19.8 Å². The molecule has 0 aromatic heterocycles. The third-order valence-corrected chi connectivity index (χ3v) is 3.26. The molecule has 1 atom stereocenters. The fourth-order valence-corrected chi connectivity index (χ4v) is 2.31. The Hall–Kier alpha value is -0.570. The minimum Gasteiger partial charge on any atom is -0.340 e. The van der Waals surface area contributed by atoms with E-state index < -0.39 is 0 Å². The standard InChI is InChI=1S/C12H24N2O/c1-3-11-7-5-4-6-10-14(11)12(15)8-9-13-2/h11,13H,3-10H2,1-2H3. The third-order valence-electron chi connectivity index (χ3n) is 3.26. The normalized spacial score (nSPS) is 22.5. The van der Waals surface area contributed by atoms with Crippen molar-refractivity contribution in [2.75, 3.05) is 20.1 Å². The summed E-state index contributed by atoms with van der Waals surface area (Å²) in [6, 6.07) is 0.497. The van der Waals surface area contributed by atoms with Crippen LogP contribution in [0.15, 0.2) is 0 Å². The molecule has 1 N–H and O–H groups in total. The Bertz CT molecular complexity index is 194. The minimum absolute atomic E-state index is 0.332. The number of hydrogen-bond donors (Lipinski definition) is 1. The van der Waals surface area contributed by atoms with Gasteiger partial charge in [0.1, 0.15) is 0 Å². The molecule has 88 valence electrons. The maximum absolute atomic E-state index is 12.0. The van der Waals surface area contributed by atoms with Gasteiger partial charge in [-0.05, 0) is 26.3 Å². The Labute approximate surface area is 93.2 Å². The molecule has 0 radical (unpaired) electrons. The highest BCUT2D eigenvalue weighted by Crippen LogP contribution is 2.19. The fraction of sp³-hybridized carbons (Fsp3) is 0.917. The molecule has 3 nitrogen and oxygen atoms in total. The van der Waals surface area contributed by atoms with Gasteiger partial charge in [-0.2, -0.15) is 0 Å². The van der Waals surface area contributed by atoms with Crippen LogP contribution in [0.5, 0.6) is 0 Å². The molecule has 1 rings (SSSR count). The molecular weight excluding hydrogens is 188 g/mol. The summed E-state index contributed by atoms with van der Waals surface area (Å²) in [4.78, 5) is 14.1. The zero-order valence-electron chi connectivity index (χ0n) is 10.1. The SMILES string of the molecule is CCC1CCCCCN1C(=O)CCNC. The van der Waals surface area contributed by atoms with Crippen molar-refractivity contribution in [3.05, 3.63) is 0 Å². The lowest BCUT2D eigenvalue weighted by molar-refractivity contribution is -0.133. The first kappa shape index (κ1) is 12.5. The van der Waals surface area contributed by atoms with E-state index in [9.17, 15) is 4.79 Å². The number of amides is 1. The average molecular weight is 212 g/mol. The van der Waals surface area contributed by atoms with E-state index in [1.807, 2.05) is 7.05 Å². The van der Waals surface area contributed by atoms with Gasteiger partial charge in [0.15, 0.2) is 0 Å². The summed E-state index contributed by atoms with van der Waals surface area (Å²) in [5.41, 5.74) is 0. The molecule has 1 aliphatic heterocycles. The van der Waals surface area contributed by atoms with Crippen LogP contribution >= 0.6 is 0 Å². The van der Waals surface area contributed by atoms with Crippen molar-refractivity contribution in [2.45, 2.75) is 51.5 Å². The molecule has 1 unspecified atom stereocenters. The van der Waals surface area contributed by atoms with Crippen LogP contribution in [0.1, 0.15) is 45.4 Å². The topological polar surface area (TPSA) is 32.3 Å². The third kappa shape index (κ3) is 3.82. The van der Waals surface area contributed by atoms with Gasteiger partial charge in [-0.25, -0.2) is 0 Å². The van der Waals surface area contributed by atoms with Gasteiger partial charge < -0.3 is 10.2 Å². The first-order chi connectivity index (χ1) is 7.29. The summed E-state index contributed by atoms with van der Waals surface area (Å²) in [5.74, 6) is 0.332. The number of likely N-dealkylation sites (tertiary alicyclic amines) is 1. The van der Waals surface area contributed by atoms with E-state index in [2.05, 4.69) is 17.1 Å². The number of carbonyl (C=O) groups excluding carboxylic acids is 1. The van der Waals surface area contributed by atoms with Gasteiger partial charge in [0.25, 0.3) is 0 Å². The Morgan fingerprint density at radius 1 is 1.40 bits per heavy atom. The first-order valence-electron chi connectivity index (χ1n) is 6.23. The monoisotopic (exact) mass is 212 g/mol. The molecule has 1 amide bonds. The molecule has 3 heteroatoms. The Balaban J connectivity index is 2.49. The van der Waals surface area contributed by atoms with E-state index in [4.69, 9.17) is 0 Å². The van der Waals surface area contributed by atoms with Gasteiger partial charge in [0.05, 0.1) is 0 Å². The van der Waals surface area contributed by atoms with Crippen LogP contribution in [-0.4, -0.2) is 37.0 Å². The number of carbonyl (C=O) groups is 1. The number of hydrogen-bond acceptors (Lipinski definition) is 2. The predicted octanol–water partition coefficient (Wildman–Crippen LogP) is 1.78. The second-order valence-electron chi connectivity index (χ2n) is 4.35. The summed E-state index contributed by atoms with van der Waals surface area (Å²) >= 11 is 0. The zero-order chi connectivity index (χ0) is 11.1. The molecule has 0 saturated carbocycles. The van der Waals surface area contributed by atoms with Crippen LogP contribution in [0, 0.1) is 0 Å². The molecule has 0 aromatic rings. The molecule has 1 fully saturated rings. The molecule has 0 spiro atoms. The van der Waals surface area contributed by atoms with Crippen LogP contribution in [0.2, 0.25) is 0 Å². The van der Waals surface area contributed by atoms with Crippen LogP contribution < -0.4 is 5.32 Å². The maximum Gasteiger partial charge on any atom is 0.224 e. The first-order valence-corrected chi connectivity index (χ1v) is 6.23. The predicted molar refractivity (Wildman–Crippen MR) is 62.8 cm³/mol. The van der Waals surface area contributed by atoms with Crippen LogP contribution in [-0.2, 0) is 4.79 Å². The second-order valence-corrected chi connectivity index (χ2v) is 4.35. The van der Waals surface area contributed by atoms with Crippen molar-refractivity contribution in [3.63, 3.8) is 0 Å². The van der Waals surface area contributed by atoms with E-state index >= 15 is 0 Å². The summed E-state index contributed by atoms with van der Waals surface area (Å²) in [6.45, 7) is 3.96. The zero-order valence-corrected chi connectivity index (χ0v) is 10.1. The van der Waals surface area contributed by atoms with Gasteiger partial charge in [0, 0.05) is 25.6 Å². The van der Waals surface area contributed by atoms with Crippen molar-refractivity contribution >= 4 is 5.91 Å². The van der Waals surface area contributed by atoms with Crippen molar-refractivity contribution in [2.24, 2.45) is 0 Å². The Morgan fingerprint density at radius 3 is 2.87 bits per heavy atom. The van der Waals surface area contributed by atoms with E-state index in [0.717, 1.165) is 19.5 Å². The van der Waals surface area contributed by atoms with Gasteiger partial charge in [-0.3, -0.25) is 4.79 Å². The van der Waals surface area contributed by atoms with E-state index in [0.29, 0.717) is 18.4 Å². The molecular formula is C12H24N2O. The molecule has 0 bridgehead atoms. The smallest absolute Gasteiger partial charge is 0.224 e. The largest absolute Gasteiger partial charge is 0.340 e. The number of nitrogens with zero attached hydrogens (tertiary/aromatic N) is 1.